The van der Waals surface area contributed by atoms with Crippen molar-refractivity contribution < 1.29 is 4.79 Å². The first-order chi connectivity index (χ1) is 8.84. The number of aromatic nitrogens is 1. The number of fused-ring (bicyclic) bond motifs is 1. The molecule has 90 valence electrons. The summed E-state index contributed by atoms with van der Waals surface area (Å²) in [6.45, 7) is 1.96. The quantitative estimate of drug-likeness (QED) is 0.611. The molecule has 1 aliphatic rings. The van der Waals surface area contributed by atoms with Crippen molar-refractivity contribution in [3.63, 3.8) is 0 Å². The summed E-state index contributed by atoms with van der Waals surface area (Å²) < 4.78 is 0. The second kappa shape index (κ2) is 4.58. The maximum absolute atomic E-state index is 12.1. The molecule has 1 saturated heterocycles. The van der Waals surface area contributed by atoms with Crippen molar-refractivity contribution in [2.24, 2.45) is 0 Å². The van der Waals surface area contributed by atoms with Gasteiger partial charge in [0.2, 0.25) is 5.78 Å². The lowest BCUT2D eigenvalue weighted by Gasteiger charge is -2.04. The van der Waals surface area contributed by atoms with E-state index in [2.05, 4.69) is 16.9 Å². The van der Waals surface area contributed by atoms with Gasteiger partial charge >= 0.3 is 0 Å². The van der Waals surface area contributed by atoms with E-state index in [1.165, 1.54) is 12.8 Å². The number of ketones is 1. The largest absolute Gasteiger partial charge is 0.360 e. The Kier molecular flexibility index (Phi) is 2.77. The smallest absolute Gasteiger partial charge is 0.239 e. The van der Waals surface area contributed by atoms with Crippen molar-refractivity contribution in [2.75, 3.05) is 13.1 Å². The Hall–Kier alpha value is -2.21. The van der Waals surface area contributed by atoms with E-state index in [4.69, 9.17) is 0 Å². The first kappa shape index (κ1) is 10.9. The van der Waals surface area contributed by atoms with Gasteiger partial charge in [0.15, 0.2) is 0 Å². The first-order valence-corrected chi connectivity index (χ1v) is 6.21. The van der Waals surface area contributed by atoms with Gasteiger partial charge in [-0.15, -0.1) is 0 Å². The summed E-state index contributed by atoms with van der Waals surface area (Å²) in [4.78, 5) is 17.2. The van der Waals surface area contributed by atoms with E-state index in [1.807, 2.05) is 29.2 Å². The minimum Gasteiger partial charge on any atom is -0.360 e. The second-order valence-electron chi connectivity index (χ2n) is 4.51. The molecule has 0 unspecified atom stereocenters. The Balaban J connectivity index is 1.87. The van der Waals surface area contributed by atoms with Crippen molar-refractivity contribution >= 4 is 16.7 Å². The van der Waals surface area contributed by atoms with Gasteiger partial charge in [-0.3, -0.25) is 4.79 Å². The minimum absolute atomic E-state index is 0.112. The van der Waals surface area contributed by atoms with Crippen molar-refractivity contribution in [1.82, 2.24) is 9.88 Å². The average Bonchev–Trinajstić information content (AvgIpc) is 3.05. The van der Waals surface area contributed by atoms with Gasteiger partial charge in [-0.1, -0.05) is 18.2 Å². The predicted molar refractivity (Wildman–Crippen MR) is 71.2 cm³/mol. The van der Waals surface area contributed by atoms with E-state index < -0.39 is 0 Å². The van der Waals surface area contributed by atoms with Gasteiger partial charge in [0.1, 0.15) is 0 Å². The molecular formula is C15H14N2O. The number of hydrogen-bond acceptors (Lipinski definition) is 2. The molecule has 3 rings (SSSR count). The molecule has 1 N–H and O–H groups in total. The fourth-order valence-electron chi connectivity index (χ4n) is 2.29. The van der Waals surface area contributed by atoms with Crippen LogP contribution in [0.1, 0.15) is 23.2 Å². The van der Waals surface area contributed by atoms with Gasteiger partial charge < -0.3 is 9.88 Å². The number of benzene rings is 1. The Bertz CT molecular complexity index is 639. The third-order valence-electron chi connectivity index (χ3n) is 3.27. The van der Waals surface area contributed by atoms with Crippen LogP contribution in [0.5, 0.6) is 0 Å². The summed E-state index contributed by atoms with van der Waals surface area (Å²) in [6.07, 6.45) is 4.09. The van der Waals surface area contributed by atoms with E-state index in [0.717, 1.165) is 24.0 Å². The number of Topliss-reactive ketones (excluding diaryl/α,β-unsaturated/α-hetero) is 1. The lowest BCUT2D eigenvalue weighted by atomic mass is 10.1. The van der Waals surface area contributed by atoms with E-state index in [1.54, 1.807) is 6.20 Å². The van der Waals surface area contributed by atoms with Crippen molar-refractivity contribution in [3.05, 3.63) is 36.0 Å². The summed E-state index contributed by atoms with van der Waals surface area (Å²) >= 11 is 0. The molecule has 0 aliphatic carbocycles. The highest BCUT2D eigenvalue weighted by atomic mass is 16.1. The number of carbonyl (C=O) groups excluding carboxylic acids is 1. The third-order valence-corrected chi connectivity index (χ3v) is 3.27. The normalized spacial score (nSPS) is 14.6. The lowest BCUT2D eigenvalue weighted by Crippen LogP contribution is -2.12. The van der Waals surface area contributed by atoms with Crippen molar-refractivity contribution in [3.8, 4) is 12.0 Å². The Morgan fingerprint density at radius 1 is 1.22 bits per heavy atom. The third kappa shape index (κ3) is 1.98. The second-order valence-corrected chi connectivity index (χ2v) is 4.51. The van der Waals surface area contributed by atoms with Crippen LogP contribution in [0.2, 0.25) is 0 Å². The van der Waals surface area contributed by atoms with Gasteiger partial charge in [0.05, 0.1) is 5.56 Å². The van der Waals surface area contributed by atoms with E-state index in [-0.39, 0.29) is 5.78 Å². The number of rotatable bonds is 1. The maximum atomic E-state index is 12.1. The van der Waals surface area contributed by atoms with Gasteiger partial charge in [-0.2, -0.15) is 0 Å². The number of carbonyl (C=O) groups is 1. The molecule has 1 aromatic carbocycles. The van der Waals surface area contributed by atoms with Gasteiger partial charge in [0.25, 0.3) is 0 Å². The monoisotopic (exact) mass is 238 g/mol. The maximum Gasteiger partial charge on any atom is 0.239 e. The molecule has 0 saturated carbocycles. The topological polar surface area (TPSA) is 36.1 Å². The number of H-pyrrole nitrogens is 1. The van der Waals surface area contributed by atoms with Crippen LogP contribution in [0.3, 0.4) is 0 Å². The molecule has 2 aromatic rings. The summed E-state index contributed by atoms with van der Waals surface area (Å²) in [6, 6.07) is 10.7. The summed E-state index contributed by atoms with van der Waals surface area (Å²) in [5.74, 6) is 2.62. The molecule has 0 amide bonds. The number of aromatic amines is 1. The van der Waals surface area contributed by atoms with Crippen LogP contribution in [-0.4, -0.2) is 28.8 Å². The molecular weight excluding hydrogens is 224 g/mol. The van der Waals surface area contributed by atoms with Gasteiger partial charge in [-0.25, -0.2) is 0 Å². The molecule has 0 radical (unpaired) electrons. The number of nitrogens with zero attached hydrogens (tertiary/aromatic N) is 1. The standard InChI is InChI=1S/C15H14N2O/c18-15(7-10-17-8-3-4-9-17)13-11-16-14-6-2-1-5-12(13)14/h1-2,5-6,11,16H,3-4,8-9H2. The Labute approximate surface area is 106 Å². The van der Waals surface area contributed by atoms with Crippen LogP contribution in [-0.2, 0) is 0 Å². The molecule has 3 nitrogen and oxygen atoms in total. The van der Waals surface area contributed by atoms with E-state index in [0.29, 0.717) is 5.56 Å². The minimum atomic E-state index is -0.112. The van der Waals surface area contributed by atoms with Crippen LogP contribution in [0.15, 0.2) is 30.5 Å². The molecule has 1 aromatic heterocycles. The molecule has 3 heteroatoms. The number of para-hydroxylation sites is 1. The highest BCUT2D eigenvalue weighted by molar-refractivity contribution is 6.16. The average molecular weight is 238 g/mol. The molecule has 0 atom stereocenters. The van der Waals surface area contributed by atoms with Gasteiger partial charge in [-0.05, 0) is 18.9 Å². The zero-order valence-corrected chi connectivity index (χ0v) is 10.1. The molecule has 2 heterocycles. The van der Waals surface area contributed by atoms with Crippen LogP contribution < -0.4 is 0 Å². The van der Waals surface area contributed by atoms with Crippen molar-refractivity contribution in [2.45, 2.75) is 12.8 Å². The SMILES string of the molecule is O=C(C#CN1CCCC1)c1c[nH]c2ccccc12. The zero-order chi connectivity index (χ0) is 12.4. The summed E-state index contributed by atoms with van der Waals surface area (Å²) in [7, 11) is 0. The molecule has 18 heavy (non-hydrogen) atoms. The number of hydrogen-bond donors (Lipinski definition) is 1. The lowest BCUT2D eigenvalue weighted by molar-refractivity contribution is 0.105. The fourth-order valence-corrected chi connectivity index (χ4v) is 2.29. The number of nitrogens with one attached hydrogen (secondary N) is 1. The van der Waals surface area contributed by atoms with Crippen LogP contribution in [0, 0.1) is 12.0 Å². The first-order valence-electron chi connectivity index (χ1n) is 6.21. The Morgan fingerprint density at radius 2 is 2.00 bits per heavy atom. The molecule has 1 aliphatic heterocycles. The molecule has 0 bridgehead atoms. The zero-order valence-electron chi connectivity index (χ0n) is 10.1. The highest BCUT2D eigenvalue weighted by Gasteiger charge is 2.10. The predicted octanol–water partition coefficient (Wildman–Crippen LogP) is 2.41. The summed E-state index contributed by atoms with van der Waals surface area (Å²) in [5.41, 5.74) is 1.64. The molecule has 1 fully saturated rings. The number of likely N-dealkylation sites (tertiary alicyclic amines) is 1. The van der Waals surface area contributed by atoms with Crippen LogP contribution in [0.25, 0.3) is 10.9 Å². The van der Waals surface area contributed by atoms with Crippen molar-refractivity contribution in [1.29, 1.82) is 0 Å². The highest BCUT2D eigenvalue weighted by Crippen LogP contribution is 2.17. The van der Waals surface area contributed by atoms with Crippen LogP contribution >= 0.6 is 0 Å². The fraction of sp³-hybridized carbons (Fsp3) is 0.267. The van der Waals surface area contributed by atoms with Gasteiger partial charge in [0, 0.05) is 42.2 Å². The van der Waals surface area contributed by atoms with E-state index >= 15 is 0 Å². The molecule has 0 spiro atoms. The Morgan fingerprint density at radius 3 is 2.83 bits per heavy atom. The van der Waals surface area contributed by atoms with Crippen LogP contribution in [0.4, 0.5) is 0 Å². The summed E-state index contributed by atoms with van der Waals surface area (Å²) in [5, 5.41) is 0.943. The van der Waals surface area contributed by atoms with E-state index in [9.17, 15) is 4.79 Å².